The Labute approximate surface area is 168 Å². The van der Waals surface area contributed by atoms with Gasteiger partial charge < -0.3 is 20.0 Å². The standard InChI is InChI=1S/C22H32N6/c1-3-26-12-14-28(15-13-26)22-16-21(23-17-24-22)25-19-4-6-20(7-5-19)27-10-8-18(2)9-11-27/h4-7,16-18H,3,8-15H2,1-2H3,(H,23,24,25). The zero-order valence-corrected chi connectivity index (χ0v) is 17.1. The normalized spacial score (nSPS) is 19.1. The van der Waals surface area contributed by atoms with Crippen LogP contribution in [-0.2, 0) is 0 Å². The molecule has 3 heterocycles. The molecule has 0 bridgehead atoms. The number of benzene rings is 1. The van der Waals surface area contributed by atoms with Gasteiger partial charge in [-0.1, -0.05) is 13.8 Å². The molecule has 2 fully saturated rings. The van der Waals surface area contributed by atoms with Gasteiger partial charge in [0.2, 0.25) is 0 Å². The lowest BCUT2D eigenvalue weighted by atomic mass is 9.99. The molecule has 0 saturated carbocycles. The van der Waals surface area contributed by atoms with Gasteiger partial charge in [0.05, 0.1) is 0 Å². The predicted molar refractivity (Wildman–Crippen MR) is 117 cm³/mol. The van der Waals surface area contributed by atoms with E-state index in [-0.39, 0.29) is 0 Å². The van der Waals surface area contributed by atoms with E-state index in [1.807, 2.05) is 0 Å². The number of rotatable bonds is 5. The van der Waals surface area contributed by atoms with Crippen molar-refractivity contribution in [2.45, 2.75) is 26.7 Å². The average molecular weight is 381 g/mol. The summed E-state index contributed by atoms with van der Waals surface area (Å²) in [5.74, 6) is 2.71. The fraction of sp³-hybridized carbons (Fsp3) is 0.545. The largest absolute Gasteiger partial charge is 0.372 e. The van der Waals surface area contributed by atoms with Crippen LogP contribution in [0.4, 0.5) is 23.0 Å². The van der Waals surface area contributed by atoms with Gasteiger partial charge in [-0.2, -0.15) is 0 Å². The molecular formula is C22H32N6. The first-order chi connectivity index (χ1) is 13.7. The first-order valence-electron chi connectivity index (χ1n) is 10.6. The minimum absolute atomic E-state index is 0.850. The van der Waals surface area contributed by atoms with Gasteiger partial charge in [-0.05, 0) is 49.6 Å². The fourth-order valence-electron chi connectivity index (χ4n) is 4.05. The molecule has 0 spiro atoms. The number of piperazine rings is 1. The van der Waals surface area contributed by atoms with Crippen molar-refractivity contribution in [2.24, 2.45) is 5.92 Å². The van der Waals surface area contributed by atoms with E-state index in [0.29, 0.717) is 0 Å². The minimum Gasteiger partial charge on any atom is -0.372 e. The number of nitrogens with zero attached hydrogens (tertiary/aromatic N) is 5. The van der Waals surface area contributed by atoms with Crippen LogP contribution in [0.15, 0.2) is 36.7 Å². The van der Waals surface area contributed by atoms with E-state index in [1.54, 1.807) is 6.33 Å². The summed E-state index contributed by atoms with van der Waals surface area (Å²) >= 11 is 0. The van der Waals surface area contributed by atoms with Crippen LogP contribution in [0.3, 0.4) is 0 Å². The smallest absolute Gasteiger partial charge is 0.135 e. The van der Waals surface area contributed by atoms with E-state index in [1.165, 1.54) is 18.5 Å². The maximum Gasteiger partial charge on any atom is 0.135 e. The summed E-state index contributed by atoms with van der Waals surface area (Å²) in [7, 11) is 0. The molecule has 2 aliphatic rings. The highest BCUT2D eigenvalue weighted by atomic mass is 15.3. The van der Waals surface area contributed by atoms with Gasteiger partial charge >= 0.3 is 0 Å². The van der Waals surface area contributed by atoms with Crippen LogP contribution in [0.5, 0.6) is 0 Å². The van der Waals surface area contributed by atoms with Crippen LogP contribution >= 0.6 is 0 Å². The van der Waals surface area contributed by atoms with Gasteiger partial charge in [0.15, 0.2) is 0 Å². The summed E-state index contributed by atoms with van der Waals surface area (Å²) in [6, 6.07) is 10.8. The van der Waals surface area contributed by atoms with Crippen molar-refractivity contribution in [2.75, 3.05) is 60.9 Å². The Balaban J connectivity index is 1.38. The van der Waals surface area contributed by atoms with Gasteiger partial charge in [-0.25, -0.2) is 9.97 Å². The Morgan fingerprint density at radius 2 is 1.64 bits per heavy atom. The van der Waals surface area contributed by atoms with E-state index in [4.69, 9.17) is 0 Å². The van der Waals surface area contributed by atoms with Crippen molar-refractivity contribution in [1.29, 1.82) is 0 Å². The Morgan fingerprint density at radius 3 is 2.32 bits per heavy atom. The Bertz CT molecular complexity index is 746. The molecule has 1 N–H and O–H groups in total. The van der Waals surface area contributed by atoms with Gasteiger partial charge in [-0.3, -0.25) is 0 Å². The molecule has 1 aromatic carbocycles. The lowest BCUT2D eigenvalue weighted by Gasteiger charge is -2.34. The zero-order chi connectivity index (χ0) is 19.3. The second-order valence-corrected chi connectivity index (χ2v) is 8.02. The monoisotopic (exact) mass is 380 g/mol. The molecular weight excluding hydrogens is 348 g/mol. The number of aromatic nitrogens is 2. The summed E-state index contributed by atoms with van der Waals surface area (Å²) in [5, 5.41) is 3.43. The van der Waals surface area contributed by atoms with Crippen LogP contribution in [0, 0.1) is 5.92 Å². The number of anilines is 4. The molecule has 1 aromatic heterocycles. The first-order valence-corrected chi connectivity index (χ1v) is 10.6. The Hall–Kier alpha value is -2.34. The van der Waals surface area contributed by atoms with Crippen LogP contribution in [0.25, 0.3) is 0 Å². The van der Waals surface area contributed by atoms with Gasteiger partial charge in [-0.15, -0.1) is 0 Å². The number of hydrogen-bond donors (Lipinski definition) is 1. The zero-order valence-electron chi connectivity index (χ0n) is 17.1. The first kappa shape index (κ1) is 19.0. The molecule has 2 aliphatic heterocycles. The predicted octanol–water partition coefficient (Wildman–Crippen LogP) is 3.60. The molecule has 28 heavy (non-hydrogen) atoms. The van der Waals surface area contributed by atoms with E-state index in [9.17, 15) is 0 Å². The van der Waals surface area contributed by atoms with Crippen LogP contribution in [0.2, 0.25) is 0 Å². The highest BCUT2D eigenvalue weighted by Gasteiger charge is 2.18. The van der Waals surface area contributed by atoms with E-state index >= 15 is 0 Å². The van der Waals surface area contributed by atoms with Crippen molar-refractivity contribution < 1.29 is 0 Å². The van der Waals surface area contributed by atoms with Crippen LogP contribution in [0.1, 0.15) is 26.7 Å². The van der Waals surface area contributed by atoms with E-state index in [2.05, 4.69) is 74.2 Å². The molecule has 0 amide bonds. The highest BCUT2D eigenvalue weighted by Crippen LogP contribution is 2.25. The van der Waals surface area contributed by atoms with E-state index < -0.39 is 0 Å². The summed E-state index contributed by atoms with van der Waals surface area (Å²) in [5.41, 5.74) is 2.38. The molecule has 6 heteroatoms. The molecule has 0 atom stereocenters. The summed E-state index contributed by atoms with van der Waals surface area (Å²) in [6.45, 7) is 12.3. The Kier molecular flexibility index (Phi) is 5.95. The summed E-state index contributed by atoms with van der Waals surface area (Å²) < 4.78 is 0. The van der Waals surface area contributed by atoms with Crippen molar-refractivity contribution >= 4 is 23.0 Å². The van der Waals surface area contributed by atoms with Crippen molar-refractivity contribution in [3.8, 4) is 0 Å². The minimum atomic E-state index is 0.850. The topological polar surface area (TPSA) is 47.5 Å². The quantitative estimate of drug-likeness (QED) is 0.855. The summed E-state index contributed by atoms with van der Waals surface area (Å²) in [6.07, 6.45) is 4.24. The number of piperidine rings is 1. The third-order valence-corrected chi connectivity index (χ3v) is 6.08. The van der Waals surface area contributed by atoms with Crippen molar-refractivity contribution in [3.63, 3.8) is 0 Å². The second kappa shape index (κ2) is 8.78. The van der Waals surface area contributed by atoms with Crippen molar-refractivity contribution in [1.82, 2.24) is 14.9 Å². The molecule has 0 unspecified atom stereocenters. The number of nitrogens with one attached hydrogen (secondary N) is 1. The lowest BCUT2D eigenvalue weighted by Crippen LogP contribution is -2.46. The molecule has 4 rings (SSSR count). The number of hydrogen-bond acceptors (Lipinski definition) is 6. The maximum atomic E-state index is 4.49. The van der Waals surface area contributed by atoms with E-state index in [0.717, 1.165) is 69.1 Å². The van der Waals surface area contributed by atoms with Crippen LogP contribution < -0.4 is 15.1 Å². The average Bonchev–Trinajstić information content (AvgIpc) is 2.75. The van der Waals surface area contributed by atoms with Gasteiger partial charge in [0.1, 0.15) is 18.0 Å². The molecule has 150 valence electrons. The number of likely N-dealkylation sites (N-methyl/N-ethyl adjacent to an activating group) is 1. The highest BCUT2D eigenvalue weighted by molar-refractivity contribution is 5.62. The molecule has 0 aliphatic carbocycles. The third kappa shape index (κ3) is 4.55. The molecule has 2 saturated heterocycles. The SMILES string of the molecule is CCN1CCN(c2cc(Nc3ccc(N4CCC(C)CC4)cc3)ncn2)CC1. The van der Waals surface area contributed by atoms with Crippen LogP contribution in [-0.4, -0.2) is 60.7 Å². The Morgan fingerprint density at radius 1 is 0.929 bits per heavy atom. The fourth-order valence-corrected chi connectivity index (χ4v) is 4.05. The van der Waals surface area contributed by atoms with Gasteiger partial charge in [0.25, 0.3) is 0 Å². The van der Waals surface area contributed by atoms with Gasteiger partial charge in [0, 0.05) is 56.7 Å². The van der Waals surface area contributed by atoms with Crippen molar-refractivity contribution in [3.05, 3.63) is 36.7 Å². The summed E-state index contributed by atoms with van der Waals surface area (Å²) in [4.78, 5) is 16.2. The molecule has 6 nitrogen and oxygen atoms in total. The second-order valence-electron chi connectivity index (χ2n) is 8.02. The maximum absolute atomic E-state index is 4.49. The molecule has 2 aromatic rings. The third-order valence-electron chi connectivity index (χ3n) is 6.08. The lowest BCUT2D eigenvalue weighted by molar-refractivity contribution is 0.270. The molecule has 0 radical (unpaired) electrons.